The molecule has 0 saturated heterocycles. The number of hydrogen-bond donors (Lipinski definition) is 2. The molecule has 24 heavy (non-hydrogen) atoms. The van der Waals surface area contributed by atoms with Crippen LogP contribution in [-0.4, -0.2) is 18.1 Å². The van der Waals surface area contributed by atoms with Gasteiger partial charge < -0.3 is 10.1 Å². The standard InChI is InChI=1S/C17H14Cl2N2O2S/c1-23-13-6-2-11(3-7-13)4-9-16(22)21-17(24)20-12-5-8-14(18)15(19)10-12/h2-10H,1H3,(H2,20,21,22,24). The molecule has 2 aromatic rings. The number of thiocarbonyl (C=S) groups is 1. The van der Waals surface area contributed by atoms with Crippen molar-refractivity contribution in [3.63, 3.8) is 0 Å². The lowest BCUT2D eigenvalue weighted by molar-refractivity contribution is -0.115. The maximum absolute atomic E-state index is 11.9. The first-order chi connectivity index (χ1) is 11.5. The zero-order valence-corrected chi connectivity index (χ0v) is 15.0. The second-order valence-electron chi connectivity index (χ2n) is 4.68. The van der Waals surface area contributed by atoms with Crippen molar-refractivity contribution in [3.8, 4) is 5.75 Å². The number of carbonyl (C=O) groups excluding carboxylic acids is 1. The van der Waals surface area contributed by atoms with Crippen LogP contribution in [0.2, 0.25) is 10.0 Å². The molecule has 4 nitrogen and oxygen atoms in total. The summed E-state index contributed by atoms with van der Waals surface area (Å²) in [5, 5.41) is 6.42. The van der Waals surface area contributed by atoms with E-state index in [0.29, 0.717) is 15.7 Å². The molecule has 0 aliphatic carbocycles. The number of rotatable bonds is 4. The summed E-state index contributed by atoms with van der Waals surface area (Å²) in [6, 6.07) is 12.3. The molecule has 124 valence electrons. The van der Waals surface area contributed by atoms with Gasteiger partial charge in [-0.2, -0.15) is 0 Å². The smallest absolute Gasteiger partial charge is 0.250 e. The van der Waals surface area contributed by atoms with Gasteiger partial charge in [0.2, 0.25) is 5.91 Å². The van der Waals surface area contributed by atoms with Crippen molar-refractivity contribution < 1.29 is 9.53 Å². The van der Waals surface area contributed by atoms with Gasteiger partial charge in [-0.25, -0.2) is 0 Å². The van der Waals surface area contributed by atoms with E-state index >= 15 is 0 Å². The van der Waals surface area contributed by atoms with Gasteiger partial charge in [-0.15, -0.1) is 0 Å². The molecule has 0 aliphatic rings. The SMILES string of the molecule is COc1ccc(C=CC(=O)NC(=S)Nc2ccc(Cl)c(Cl)c2)cc1. The number of ether oxygens (including phenoxy) is 1. The van der Waals surface area contributed by atoms with Crippen LogP contribution in [0.25, 0.3) is 6.08 Å². The minimum absolute atomic E-state index is 0.165. The Labute approximate surface area is 155 Å². The number of methoxy groups -OCH3 is 1. The van der Waals surface area contributed by atoms with Crippen molar-refractivity contribution in [2.24, 2.45) is 0 Å². The minimum atomic E-state index is -0.344. The molecule has 0 unspecified atom stereocenters. The van der Waals surface area contributed by atoms with E-state index in [0.717, 1.165) is 11.3 Å². The highest BCUT2D eigenvalue weighted by atomic mass is 35.5. The molecular weight excluding hydrogens is 367 g/mol. The summed E-state index contributed by atoms with van der Waals surface area (Å²) in [6.45, 7) is 0. The third-order valence-electron chi connectivity index (χ3n) is 2.96. The molecule has 0 radical (unpaired) electrons. The van der Waals surface area contributed by atoms with Crippen molar-refractivity contribution in [1.82, 2.24) is 5.32 Å². The molecule has 0 aromatic heterocycles. The van der Waals surface area contributed by atoms with Crippen LogP contribution in [0.5, 0.6) is 5.75 Å². The first-order valence-electron chi connectivity index (χ1n) is 6.87. The van der Waals surface area contributed by atoms with E-state index in [4.69, 9.17) is 40.2 Å². The van der Waals surface area contributed by atoms with E-state index in [-0.39, 0.29) is 11.0 Å². The van der Waals surface area contributed by atoms with Crippen LogP contribution < -0.4 is 15.4 Å². The topological polar surface area (TPSA) is 50.4 Å². The largest absolute Gasteiger partial charge is 0.497 e. The molecule has 0 bridgehead atoms. The Morgan fingerprint density at radius 1 is 1.12 bits per heavy atom. The number of benzene rings is 2. The molecule has 2 aromatic carbocycles. The van der Waals surface area contributed by atoms with E-state index in [2.05, 4.69) is 10.6 Å². The number of anilines is 1. The van der Waals surface area contributed by atoms with Crippen LogP contribution >= 0.6 is 35.4 Å². The van der Waals surface area contributed by atoms with E-state index < -0.39 is 0 Å². The molecule has 0 aliphatic heterocycles. The number of carbonyl (C=O) groups is 1. The number of nitrogens with one attached hydrogen (secondary N) is 2. The number of amides is 1. The second-order valence-corrected chi connectivity index (χ2v) is 5.90. The molecule has 7 heteroatoms. The van der Waals surface area contributed by atoms with Crippen molar-refractivity contribution >= 4 is 58.2 Å². The summed E-state index contributed by atoms with van der Waals surface area (Å²) in [4.78, 5) is 11.9. The number of hydrogen-bond acceptors (Lipinski definition) is 3. The predicted octanol–water partition coefficient (Wildman–Crippen LogP) is 4.53. The van der Waals surface area contributed by atoms with Crippen LogP contribution in [0.3, 0.4) is 0 Å². The molecule has 2 rings (SSSR count). The van der Waals surface area contributed by atoms with E-state index in [9.17, 15) is 4.79 Å². The van der Waals surface area contributed by atoms with Gasteiger partial charge >= 0.3 is 0 Å². The lowest BCUT2D eigenvalue weighted by atomic mass is 10.2. The van der Waals surface area contributed by atoms with E-state index in [1.165, 1.54) is 6.08 Å². The summed E-state index contributed by atoms with van der Waals surface area (Å²) >= 11 is 16.8. The molecule has 0 saturated carbocycles. The van der Waals surface area contributed by atoms with Crippen LogP contribution in [0.15, 0.2) is 48.5 Å². The number of halogens is 2. The molecule has 0 fully saturated rings. The average Bonchev–Trinajstić information content (AvgIpc) is 2.56. The van der Waals surface area contributed by atoms with Gasteiger partial charge in [-0.3, -0.25) is 10.1 Å². The first-order valence-corrected chi connectivity index (χ1v) is 8.03. The normalized spacial score (nSPS) is 10.5. The van der Waals surface area contributed by atoms with Crippen molar-refractivity contribution in [2.75, 3.05) is 12.4 Å². The summed E-state index contributed by atoms with van der Waals surface area (Å²) < 4.78 is 5.07. The van der Waals surface area contributed by atoms with Gasteiger partial charge in [0, 0.05) is 11.8 Å². The molecular formula is C17H14Cl2N2O2S. The fourth-order valence-corrected chi connectivity index (χ4v) is 2.29. The zero-order valence-electron chi connectivity index (χ0n) is 12.7. The molecule has 0 atom stereocenters. The monoisotopic (exact) mass is 380 g/mol. The van der Waals surface area contributed by atoms with Crippen LogP contribution in [0.1, 0.15) is 5.56 Å². The van der Waals surface area contributed by atoms with Gasteiger partial charge in [-0.1, -0.05) is 35.3 Å². The Morgan fingerprint density at radius 3 is 2.46 bits per heavy atom. The Hall–Kier alpha value is -2.08. The first kappa shape index (κ1) is 18.3. The third-order valence-corrected chi connectivity index (χ3v) is 3.90. The van der Waals surface area contributed by atoms with Gasteiger partial charge in [0.05, 0.1) is 17.2 Å². The van der Waals surface area contributed by atoms with Gasteiger partial charge in [0.25, 0.3) is 0 Å². The highest BCUT2D eigenvalue weighted by molar-refractivity contribution is 7.80. The Balaban J connectivity index is 1.89. The molecule has 0 spiro atoms. The van der Waals surface area contributed by atoms with E-state index in [1.807, 2.05) is 24.3 Å². The fourth-order valence-electron chi connectivity index (χ4n) is 1.78. The summed E-state index contributed by atoms with van der Waals surface area (Å²) in [5.41, 5.74) is 1.50. The summed E-state index contributed by atoms with van der Waals surface area (Å²) in [7, 11) is 1.60. The van der Waals surface area contributed by atoms with Crippen LogP contribution in [0, 0.1) is 0 Å². The zero-order chi connectivity index (χ0) is 17.5. The lowest BCUT2D eigenvalue weighted by Gasteiger charge is -2.08. The third kappa shape index (κ3) is 5.53. The van der Waals surface area contributed by atoms with Crippen LogP contribution in [-0.2, 0) is 4.79 Å². The summed E-state index contributed by atoms with van der Waals surface area (Å²) in [6.07, 6.45) is 3.07. The molecule has 1 amide bonds. The summed E-state index contributed by atoms with van der Waals surface area (Å²) in [5.74, 6) is 0.409. The molecule has 0 heterocycles. The van der Waals surface area contributed by atoms with Gasteiger partial charge in [0.15, 0.2) is 5.11 Å². The lowest BCUT2D eigenvalue weighted by Crippen LogP contribution is -2.32. The highest BCUT2D eigenvalue weighted by Gasteiger charge is 2.04. The van der Waals surface area contributed by atoms with Crippen molar-refractivity contribution in [2.45, 2.75) is 0 Å². The maximum atomic E-state index is 11.9. The Morgan fingerprint density at radius 2 is 1.83 bits per heavy atom. The highest BCUT2D eigenvalue weighted by Crippen LogP contribution is 2.24. The Kier molecular flexibility index (Phi) is 6.61. The Bertz CT molecular complexity index is 777. The van der Waals surface area contributed by atoms with E-state index in [1.54, 1.807) is 31.4 Å². The quantitative estimate of drug-likeness (QED) is 0.604. The molecule has 2 N–H and O–H groups in total. The van der Waals surface area contributed by atoms with Gasteiger partial charge in [-0.05, 0) is 54.2 Å². The van der Waals surface area contributed by atoms with Crippen LogP contribution in [0.4, 0.5) is 5.69 Å². The second kappa shape index (κ2) is 8.68. The van der Waals surface area contributed by atoms with Crippen molar-refractivity contribution in [3.05, 3.63) is 64.1 Å². The predicted molar refractivity (Wildman–Crippen MR) is 103 cm³/mol. The fraction of sp³-hybridized carbons (Fsp3) is 0.0588. The van der Waals surface area contributed by atoms with Crippen molar-refractivity contribution in [1.29, 1.82) is 0 Å². The van der Waals surface area contributed by atoms with Gasteiger partial charge in [0.1, 0.15) is 5.75 Å². The minimum Gasteiger partial charge on any atom is -0.497 e. The maximum Gasteiger partial charge on any atom is 0.250 e. The average molecular weight is 381 g/mol.